The summed E-state index contributed by atoms with van der Waals surface area (Å²) in [5.41, 5.74) is 4.22. The van der Waals surface area contributed by atoms with Crippen molar-refractivity contribution in [3.05, 3.63) is 83.4 Å². The molecule has 0 fully saturated rings. The Morgan fingerprint density at radius 1 is 0.968 bits per heavy atom. The van der Waals surface area contributed by atoms with Crippen molar-refractivity contribution in [1.82, 2.24) is 0 Å². The van der Waals surface area contributed by atoms with Crippen molar-refractivity contribution in [1.29, 1.82) is 0 Å². The van der Waals surface area contributed by atoms with E-state index in [4.69, 9.17) is 4.74 Å². The molecule has 3 aromatic carbocycles. The zero-order valence-corrected chi connectivity index (χ0v) is 16.6. The van der Waals surface area contributed by atoms with E-state index in [1.165, 1.54) is 5.56 Å². The first kappa shape index (κ1) is 18.9. The maximum Gasteiger partial charge on any atom is 0.262 e. The van der Waals surface area contributed by atoms with Gasteiger partial charge in [-0.05, 0) is 60.5 Å². The standard InChI is InChI=1S/C24H19N3O4/c28-22-14-31-21-13-17(7-10-19(21)26-22)23(29)25-18-8-5-16(6-9-18)24(30)27-12-11-15-3-1-2-4-20(15)27/h1-10,13H,11-12,14H2,(H,25,29)(H,26,28). The van der Waals surface area contributed by atoms with E-state index in [0.717, 1.165) is 12.1 Å². The second-order valence-electron chi connectivity index (χ2n) is 7.41. The summed E-state index contributed by atoms with van der Waals surface area (Å²) in [6.45, 7) is 0.590. The number of amides is 3. The highest BCUT2D eigenvalue weighted by atomic mass is 16.5. The Kier molecular flexibility index (Phi) is 4.63. The number of carbonyl (C=O) groups excluding carboxylic acids is 3. The molecule has 3 aromatic rings. The maximum atomic E-state index is 12.9. The van der Waals surface area contributed by atoms with Crippen molar-refractivity contribution in [3.63, 3.8) is 0 Å². The molecular weight excluding hydrogens is 394 g/mol. The lowest BCUT2D eigenvalue weighted by Crippen LogP contribution is -2.28. The van der Waals surface area contributed by atoms with Gasteiger partial charge in [0.25, 0.3) is 17.7 Å². The lowest BCUT2D eigenvalue weighted by Gasteiger charge is -2.18. The summed E-state index contributed by atoms with van der Waals surface area (Å²) >= 11 is 0. The van der Waals surface area contributed by atoms with Crippen LogP contribution in [0.15, 0.2) is 66.7 Å². The van der Waals surface area contributed by atoms with E-state index in [-0.39, 0.29) is 24.3 Å². The summed E-state index contributed by atoms with van der Waals surface area (Å²) in [5, 5.41) is 5.51. The minimum atomic E-state index is -0.309. The van der Waals surface area contributed by atoms with E-state index < -0.39 is 0 Å². The Hall–Kier alpha value is -4.13. The van der Waals surface area contributed by atoms with Crippen LogP contribution in [-0.2, 0) is 11.2 Å². The molecule has 0 unspecified atom stereocenters. The number of benzene rings is 3. The van der Waals surface area contributed by atoms with E-state index in [9.17, 15) is 14.4 Å². The second kappa shape index (κ2) is 7.60. The molecule has 2 N–H and O–H groups in total. The fraction of sp³-hybridized carbons (Fsp3) is 0.125. The van der Waals surface area contributed by atoms with Crippen LogP contribution in [-0.4, -0.2) is 30.9 Å². The van der Waals surface area contributed by atoms with E-state index >= 15 is 0 Å². The maximum absolute atomic E-state index is 12.9. The number of para-hydroxylation sites is 1. The summed E-state index contributed by atoms with van der Waals surface area (Å²) in [6, 6.07) is 19.6. The number of hydrogen-bond acceptors (Lipinski definition) is 4. The van der Waals surface area contributed by atoms with Crippen LogP contribution >= 0.6 is 0 Å². The molecule has 0 saturated heterocycles. The van der Waals surface area contributed by atoms with Crippen molar-refractivity contribution in [2.24, 2.45) is 0 Å². The van der Waals surface area contributed by atoms with Gasteiger partial charge in [0.05, 0.1) is 5.69 Å². The van der Waals surface area contributed by atoms with E-state index in [1.54, 1.807) is 47.4 Å². The molecule has 0 bridgehead atoms. The van der Waals surface area contributed by atoms with Crippen LogP contribution in [0.2, 0.25) is 0 Å². The molecule has 5 rings (SSSR count). The third kappa shape index (κ3) is 3.61. The monoisotopic (exact) mass is 413 g/mol. The van der Waals surface area contributed by atoms with Crippen molar-refractivity contribution < 1.29 is 19.1 Å². The molecule has 7 heteroatoms. The summed E-state index contributed by atoms with van der Waals surface area (Å²) in [5.74, 6) is -0.136. The first-order chi connectivity index (χ1) is 15.1. The first-order valence-electron chi connectivity index (χ1n) is 9.96. The first-order valence-corrected chi connectivity index (χ1v) is 9.96. The van der Waals surface area contributed by atoms with Gasteiger partial charge in [0.2, 0.25) is 0 Å². The quantitative estimate of drug-likeness (QED) is 0.688. The van der Waals surface area contributed by atoms with Crippen LogP contribution in [0.25, 0.3) is 0 Å². The van der Waals surface area contributed by atoms with Crippen LogP contribution in [0.5, 0.6) is 5.75 Å². The molecule has 0 saturated carbocycles. The zero-order valence-electron chi connectivity index (χ0n) is 16.6. The van der Waals surface area contributed by atoms with Crippen LogP contribution in [0, 0.1) is 0 Å². The van der Waals surface area contributed by atoms with Crippen LogP contribution in [0.4, 0.5) is 17.1 Å². The number of rotatable bonds is 3. The van der Waals surface area contributed by atoms with Gasteiger partial charge >= 0.3 is 0 Å². The highest BCUT2D eigenvalue weighted by molar-refractivity contribution is 6.08. The van der Waals surface area contributed by atoms with Gasteiger partial charge in [-0.25, -0.2) is 0 Å². The van der Waals surface area contributed by atoms with E-state index in [1.807, 2.05) is 24.3 Å². The molecule has 2 heterocycles. The van der Waals surface area contributed by atoms with Gasteiger partial charge in [0, 0.05) is 29.0 Å². The molecule has 0 radical (unpaired) electrons. The Balaban J connectivity index is 1.28. The third-order valence-electron chi connectivity index (χ3n) is 5.40. The highest BCUT2D eigenvalue weighted by Crippen LogP contribution is 2.30. The molecule has 154 valence electrons. The summed E-state index contributed by atoms with van der Waals surface area (Å²) in [6.07, 6.45) is 0.851. The Morgan fingerprint density at radius 3 is 2.58 bits per heavy atom. The largest absolute Gasteiger partial charge is 0.482 e. The third-order valence-corrected chi connectivity index (χ3v) is 5.40. The number of nitrogens with zero attached hydrogens (tertiary/aromatic N) is 1. The van der Waals surface area contributed by atoms with Gasteiger partial charge in [0.15, 0.2) is 6.61 Å². The van der Waals surface area contributed by atoms with Gasteiger partial charge in [-0.3, -0.25) is 14.4 Å². The number of nitrogens with one attached hydrogen (secondary N) is 2. The normalized spacial score (nSPS) is 14.2. The SMILES string of the molecule is O=C1COc2cc(C(=O)Nc3ccc(C(=O)N4CCc5ccccc54)cc3)ccc2N1. The van der Waals surface area contributed by atoms with Gasteiger partial charge in [-0.1, -0.05) is 18.2 Å². The summed E-state index contributed by atoms with van der Waals surface area (Å²) in [4.78, 5) is 38.7. The van der Waals surface area contributed by atoms with Gasteiger partial charge in [-0.15, -0.1) is 0 Å². The van der Waals surface area contributed by atoms with Crippen molar-refractivity contribution in [2.75, 3.05) is 28.7 Å². The number of ether oxygens (including phenoxy) is 1. The molecule has 2 aliphatic rings. The van der Waals surface area contributed by atoms with Crippen LogP contribution < -0.4 is 20.3 Å². The lowest BCUT2D eigenvalue weighted by atomic mass is 10.1. The molecule has 2 aliphatic heterocycles. The Bertz CT molecular complexity index is 1200. The summed E-state index contributed by atoms with van der Waals surface area (Å²) < 4.78 is 5.36. The minimum absolute atomic E-state index is 0.0586. The molecule has 0 aliphatic carbocycles. The molecule has 3 amide bonds. The van der Waals surface area contributed by atoms with Gasteiger partial charge < -0.3 is 20.3 Å². The van der Waals surface area contributed by atoms with Crippen LogP contribution in [0.1, 0.15) is 26.3 Å². The number of carbonyl (C=O) groups is 3. The fourth-order valence-electron chi connectivity index (χ4n) is 3.82. The summed E-state index contributed by atoms with van der Waals surface area (Å²) in [7, 11) is 0. The van der Waals surface area contributed by atoms with Crippen LogP contribution in [0.3, 0.4) is 0 Å². The number of hydrogen-bond donors (Lipinski definition) is 2. The molecule has 0 aromatic heterocycles. The topological polar surface area (TPSA) is 87.7 Å². The highest BCUT2D eigenvalue weighted by Gasteiger charge is 2.25. The molecule has 0 atom stereocenters. The zero-order chi connectivity index (χ0) is 21.4. The van der Waals surface area contributed by atoms with Crippen molar-refractivity contribution in [3.8, 4) is 5.75 Å². The van der Waals surface area contributed by atoms with Crippen molar-refractivity contribution in [2.45, 2.75) is 6.42 Å². The fourth-order valence-corrected chi connectivity index (χ4v) is 3.82. The second-order valence-corrected chi connectivity index (χ2v) is 7.41. The van der Waals surface area contributed by atoms with Gasteiger partial charge in [0.1, 0.15) is 5.75 Å². The van der Waals surface area contributed by atoms with Crippen molar-refractivity contribution >= 4 is 34.8 Å². The average molecular weight is 413 g/mol. The molecule has 0 spiro atoms. The van der Waals surface area contributed by atoms with Gasteiger partial charge in [-0.2, -0.15) is 0 Å². The Labute approximate surface area is 178 Å². The number of fused-ring (bicyclic) bond motifs is 2. The predicted octanol–water partition coefficient (Wildman–Crippen LogP) is 3.47. The Morgan fingerprint density at radius 2 is 1.74 bits per heavy atom. The minimum Gasteiger partial charge on any atom is -0.482 e. The smallest absolute Gasteiger partial charge is 0.262 e. The molecule has 7 nitrogen and oxygen atoms in total. The number of anilines is 3. The molecular formula is C24H19N3O4. The van der Waals surface area contributed by atoms with E-state index in [0.29, 0.717) is 34.8 Å². The molecule has 31 heavy (non-hydrogen) atoms. The predicted molar refractivity (Wildman–Crippen MR) is 117 cm³/mol. The van der Waals surface area contributed by atoms with E-state index in [2.05, 4.69) is 10.6 Å². The lowest BCUT2D eigenvalue weighted by molar-refractivity contribution is -0.118. The average Bonchev–Trinajstić information content (AvgIpc) is 3.23.